The maximum atomic E-state index is 14.3. The highest BCUT2D eigenvalue weighted by molar-refractivity contribution is 9.10. The summed E-state index contributed by atoms with van der Waals surface area (Å²) in [7, 11) is -3.97. The molecule has 1 fully saturated rings. The van der Waals surface area contributed by atoms with E-state index in [9.17, 15) is 22.4 Å². The molecule has 2 aromatic rings. The van der Waals surface area contributed by atoms with Crippen LogP contribution in [-0.4, -0.2) is 62.4 Å². The van der Waals surface area contributed by atoms with Crippen molar-refractivity contribution >= 4 is 43.6 Å². The van der Waals surface area contributed by atoms with Gasteiger partial charge in [0.25, 0.3) is 5.91 Å². The van der Waals surface area contributed by atoms with Gasteiger partial charge < -0.3 is 15.0 Å². The Morgan fingerprint density at radius 1 is 1.10 bits per heavy atom. The molecule has 2 aromatic carbocycles. The Hall–Kier alpha value is -2.50. The fraction of sp³-hybridized carbons (Fsp3) is 0.300. The molecule has 0 radical (unpaired) electrons. The molecular formula is C20H21BrFN3O5S. The van der Waals surface area contributed by atoms with Crippen molar-refractivity contribution in [1.82, 2.24) is 9.21 Å². The van der Waals surface area contributed by atoms with Crippen molar-refractivity contribution in [3.05, 3.63) is 58.3 Å². The standard InChI is InChI=1S/C20H21BrFN3O5S/c1-2-30-20(27)24-9-11-25(12-10-24)31(28,29)16-7-8-18(22)17(13-16)19(26)23-15-5-3-14(21)4-6-15/h3-8,13H,2,9-12H2,1H3,(H,23,26). The van der Waals surface area contributed by atoms with Crippen LogP contribution in [0.5, 0.6) is 0 Å². The summed E-state index contributed by atoms with van der Waals surface area (Å²) in [6, 6.07) is 9.78. The number of halogens is 2. The van der Waals surface area contributed by atoms with Crippen molar-refractivity contribution < 1.29 is 27.1 Å². The third-order valence-electron chi connectivity index (χ3n) is 4.69. The molecule has 0 bridgehead atoms. The van der Waals surface area contributed by atoms with Gasteiger partial charge in [0.15, 0.2) is 0 Å². The highest BCUT2D eigenvalue weighted by Crippen LogP contribution is 2.22. The lowest BCUT2D eigenvalue weighted by atomic mass is 10.2. The second kappa shape index (κ2) is 9.75. The molecule has 3 rings (SSSR count). The summed E-state index contributed by atoms with van der Waals surface area (Å²) in [6.07, 6.45) is -0.492. The Balaban J connectivity index is 1.76. The van der Waals surface area contributed by atoms with Gasteiger partial charge in [-0.3, -0.25) is 4.79 Å². The van der Waals surface area contributed by atoms with Crippen LogP contribution in [0.3, 0.4) is 0 Å². The Morgan fingerprint density at radius 3 is 2.35 bits per heavy atom. The first-order valence-corrected chi connectivity index (χ1v) is 11.7. The lowest BCUT2D eigenvalue weighted by Crippen LogP contribution is -2.50. The predicted molar refractivity (Wildman–Crippen MR) is 116 cm³/mol. The number of hydrogen-bond donors (Lipinski definition) is 1. The summed E-state index contributed by atoms with van der Waals surface area (Å²) in [5.41, 5.74) is 0.0603. The second-order valence-electron chi connectivity index (χ2n) is 6.69. The fourth-order valence-electron chi connectivity index (χ4n) is 3.05. The van der Waals surface area contributed by atoms with E-state index >= 15 is 0 Å². The smallest absolute Gasteiger partial charge is 0.409 e. The van der Waals surface area contributed by atoms with Gasteiger partial charge in [-0.25, -0.2) is 17.6 Å². The molecule has 0 aromatic heterocycles. The van der Waals surface area contributed by atoms with E-state index < -0.39 is 27.8 Å². The number of nitrogens with one attached hydrogen (secondary N) is 1. The summed E-state index contributed by atoms with van der Waals surface area (Å²) >= 11 is 3.28. The van der Waals surface area contributed by atoms with Gasteiger partial charge in [-0.05, 0) is 49.4 Å². The number of amides is 2. The highest BCUT2D eigenvalue weighted by atomic mass is 79.9. The Kier molecular flexibility index (Phi) is 7.29. The van der Waals surface area contributed by atoms with Gasteiger partial charge in [-0.1, -0.05) is 15.9 Å². The first-order chi connectivity index (χ1) is 14.7. The molecule has 1 heterocycles. The van der Waals surface area contributed by atoms with Crippen LogP contribution in [0.1, 0.15) is 17.3 Å². The topological polar surface area (TPSA) is 96.0 Å². The number of nitrogens with zero attached hydrogens (tertiary/aromatic N) is 2. The first-order valence-electron chi connectivity index (χ1n) is 9.50. The lowest BCUT2D eigenvalue weighted by molar-refractivity contribution is 0.0933. The van der Waals surface area contributed by atoms with Gasteiger partial charge in [-0.15, -0.1) is 0 Å². The molecule has 166 valence electrons. The van der Waals surface area contributed by atoms with E-state index in [2.05, 4.69) is 21.2 Å². The van der Waals surface area contributed by atoms with E-state index in [0.717, 1.165) is 22.7 Å². The summed E-state index contributed by atoms with van der Waals surface area (Å²) in [5.74, 6) is -1.59. The molecule has 0 unspecified atom stereocenters. The van der Waals surface area contributed by atoms with Gasteiger partial charge in [-0.2, -0.15) is 4.31 Å². The van der Waals surface area contributed by atoms with Crippen LogP contribution in [0, 0.1) is 5.82 Å². The molecule has 1 aliphatic heterocycles. The SMILES string of the molecule is CCOC(=O)N1CCN(S(=O)(=O)c2ccc(F)c(C(=O)Nc3ccc(Br)cc3)c2)CC1. The molecule has 31 heavy (non-hydrogen) atoms. The summed E-state index contributed by atoms with van der Waals surface area (Å²) in [4.78, 5) is 25.6. The van der Waals surface area contributed by atoms with Crippen molar-refractivity contribution in [2.24, 2.45) is 0 Å². The quantitative estimate of drug-likeness (QED) is 0.661. The molecule has 8 nitrogen and oxygen atoms in total. The molecule has 11 heteroatoms. The molecule has 0 saturated carbocycles. The van der Waals surface area contributed by atoms with Crippen molar-refractivity contribution in [1.29, 1.82) is 0 Å². The lowest BCUT2D eigenvalue weighted by Gasteiger charge is -2.33. The second-order valence-corrected chi connectivity index (χ2v) is 9.55. The van der Waals surface area contributed by atoms with Crippen LogP contribution < -0.4 is 5.32 Å². The normalized spacial score (nSPS) is 14.9. The van der Waals surface area contributed by atoms with E-state index in [1.807, 2.05) is 0 Å². The first kappa shape index (κ1) is 23.2. The minimum absolute atomic E-state index is 0.0684. The number of carbonyl (C=O) groups is 2. The number of anilines is 1. The molecule has 0 atom stereocenters. The molecule has 0 aliphatic carbocycles. The number of sulfonamides is 1. The van der Waals surface area contributed by atoms with Gasteiger partial charge in [0.1, 0.15) is 5.82 Å². The van der Waals surface area contributed by atoms with Gasteiger partial charge in [0.05, 0.1) is 17.1 Å². The zero-order valence-corrected chi connectivity index (χ0v) is 19.1. The largest absolute Gasteiger partial charge is 0.450 e. The minimum atomic E-state index is -3.97. The summed E-state index contributed by atoms with van der Waals surface area (Å²) in [5, 5.41) is 2.55. The van der Waals surface area contributed by atoms with Crippen molar-refractivity contribution in [3.8, 4) is 0 Å². The van der Waals surface area contributed by atoms with Crippen LogP contribution in [0.15, 0.2) is 51.8 Å². The summed E-state index contributed by atoms with van der Waals surface area (Å²) < 4.78 is 47.2. The maximum Gasteiger partial charge on any atom is 0.409 e. The van der Waals surface area contributed by atoms with Crippen LogP contribution in [0.25, 0.3) is 0 Å². The number of carbonyl (C=O) groups excluding carboxylic acids is 2. The van der Waals surface area contributed by atoms with Crippen LogP contribution in [0.2, 0.25) is 0 Å². The van der Waals surface area contributed by atoms with E-state index in [4.69, 9.17) is 4.74 Å². The number of hydrogen-bond acceptors (Lipinski definition) is 5. The highest BCUT2D eigenvalue weighted by Gasteiger charge is 2.31. The van der Waals surface area contributed by atoms with Gasteiger partial charge in [0.2, 0.25) is 10.0 Å². The van der Waals surface area contributed by atoms with Crippen molar-refractivity contribution in [3.63, 3.8) is 0 Å². The zero-order chi connectivity index (χ0) is 22.6. The number of ether oxygens (including phenoxy) is 1. The monoisotopic (exact) mass is 513 g/mol. The van der Waals surface area contributed by atoms with E-state index in [1.54, 1.807) is 31.2 Å². The predicted octanol–water partition coefficient (Wildman–Crippen LogP) is 3.30. The maximum absolute atomic E-state index is 14.3. The Morgan fingerprint density at radius 2 is 1.74 bits per heavy atom. The average Bonchev–Trinajstić information content (AvgIpc) is 2.75. The average molecular weight is 514 g/mol. The Labute approximate surface area is 188 Å². The minimum Gasteiger partial charge on any atom is -0.450 e. The van der Waals surface area contributed by atoms with E-state index in [-0.39, 0.29) is 43.2 Å². The van der Waals surface area contributed by atoms with E-state index in [1.165, 1.54) is 9.21 Å². The third-order valence-corrected chi connectivity index (χ3v) is 7.11. The van der Waals surface area contributed by atoms with Crippen molar-refractivity contribution in [2.45, 2.75) is 11.8 Å². The van der Waals surface area contributed by atoms with Gasteiger partial charge in [0, 0.05) is 36.3 Å². The molecule has 1 N–H and O–H groups in total. The van der Waals surface area contributed by atoms with Crippen LogP contribution >= 0.6 is 15.9 Å². The van der Waals surface area contributed by atoms with Gasteiger partial charge >= 0.3 is 6.09 Å². The molecule has 1 saturated heterocycles. The number of piperazine rings is 1. The number of benzene rings is 2. The fourth-order valence-corrected chi connectivity index (χ4v) is 4.76. The van der Waals surface area contributed by atoms with Crippen molar-refractivity contribution in [2.75, 3.05) is 38.1 Å². The van der Waals surface area contributed by atoms with Crippen LogP contribution in [0.4, 0.5) is 14.9 Å². The molecule has 1 aliphatic rings. The molecule has 2 amide bonds. The summed E-state index contributed by atoms with van der Waals surface area (Å²) in [6.45, 7) is 2.42. The van der Waals surface area contributed by atoms with E-state index in [0.29, 0.717) is 5.69 Å². The third kappa shape index (κ3) is 5.41. The molecule has 0 spiro atoms. The zero-order valence-electron chi connectivity index (χ0n) is 16.7. The number of rotatable bonds is 5. The Bertz CT molecular complexity index is 1070. The molecular weight excluding hydrogens is 493 g/mol. The van der Waals surface area contributed by atoms with Crippen LogP contribution in [-0.2, 0) is 14.8 Å².